The summed E-state index contributed by atoms with van der Waals surface area (Å²) in [5, 5.41) is 0.452. The average Bonchev–Trinajstić information content (AvgIpc) is 3.29. The van der Waals surface area contributed by atoms with Crippen molar-refractivity contribution in [1.29, 1.82) is 0 Å². The molecule has 0 saturated heterocycles. The van der Waals surface area contributed by atoms with Crippen LogP contribution in [-0.4, -0.2) is 33.2 Å². The number of anilines is 1. The van der Waals surface area contributed by atoms with Gasteiger partial charge in [0, 0.05) is 28.2 Å². The Balaban J connectivity index is 1.50. The van der Waals surface area contributed by atoms with E-state index in [9.17, 15) is 22.0 Å². The second kappa shape index (κ2) is 14.7. The van der Waals surface area contributed by atoms with Crippen LogP contribution in [0.5, 0.6) is 5.75 Å². The number of fused-ring (bicyclic) bond motifs is 1. The van der Waals surface area contributed by atoms with Crippen LogP contribution < -0.4 is 14.2 Å². The number of benzene rings is 2. The number of aromatic amines is 1. The summed E-state index contributed by atoms with van der Waals surface area (Å²) in [4.78, 5) is 15.0. The molecule has 0 bridgehead atoms. The lowest BCUT2D eigenvalue weighted by atomic mass is 10.1. The van der Waals surface area contributed by atoms with E-state index in [0.717, 1.165) is 31.4 Å². The van der Waals surface area contributed by atoms with Crippen LogP contribution in [0.15, 0.2) is 36.4 Å². The molecule has 0 atom stereocenters. The summed E-state index contributed by atoms with van der Waals surface area (Å²) in [6.45, 7) is 2.33. The van der Waals surface area contributed by atoms with E-state index in [-0.39, 0.29) is 18.0 Å². The molecule has 8 nitrogen and oxygen atoms in total. The van der Waals surface area contributed by atoms with Crippen molar-refractivity contribution in [2.45, 2.75) is 71.1 Å². The minimum absolute atomic E-state index is 0.0565. The Hall–Kier alpha value is -3.34. The third-order valence-corrected chi connectivity index (χ3v) is 7.29. The van der Waals surface area contributed by atoms with Crippen LogP contribution in [0, 0.1) is 11.6 Å². The molecule has 0 aliphatic heterocycles. The predicted molar refractivity (Wildman–Crippen MR) is 149 cm³/mol. The number of H-pyrrole nitrogens is 1. The summed E-state index contributed by atoms with van der Waals surface area (Å²) in [5.41, 5.74) is 1.46. The molecule has 0 fully saturated rings. The highest BCUT2D eigenvalue weighted by atomic mass is 32.2. The van der Waals surface area contributed by atoms with Gasteiger partial charge >= 0.3 is 16.3 Å². The number of rotatable bonds is 16. The van der Waals surface area contributed by atoms with Crippen LogP contribution in [0.2, 0.25) is 0 Å². The van der Waals surface area contributed by atoms with E-state index in [1.54, 1.807) is 12.1 Å². The van der Waals surface area contributed by atoms with E-state index >= 15 is 0 Å². The smallest absolute Gasteiger partial charge is 0.422 e. The molecule has 3 rings (SSSR count). The first-order valence-electron chi connectivity index (χ1n) is 13.4. The second-order valence-electron chi connectivity index (χ2n) is 9.48. The third kappa shape index (κ3) is 9.42. The van der Waals surface area contributed by atoms with Gasteiger partial charge in [0.25, 0.3) is 0 Å². The van der Waals surface area contributed by atoms with Gasteiger partial charge in [-0.05, 0) is 36.8 Å². The van der Waals surface area contributed by atoms with Crippen molar-refractivity contribution in [3.63, 3.8) is 0 Å². The number of hydrogen-bond acceptors (Lipinski definition) is 5. The molecular formula is C28H37F2N3O5S. The van der Waals surface area contributed by atoms with Crippen LogP contribution >= 0.6 is 0 Å². The van der Waals surface area contributed by atoms with Gasteiger partial charge in [0.15, 0.2) is 11.6 Å². The molecule has 1 heterocycles. The van der Waals surface area contributed by atoms with Gasteiger partial charge in [0.05, 0.1) is 19.4 Å². The monoisotopic (exact) mass is 565 g/mol. The van der Waals surface area contributed by atoms with Gasteiger partial charge in [-0.25, -0.2) is 18.3 Å². The van der Waals surface area contributed by atoms with Gasteiger partial charge in [-0.1, -0.05) is 64.7 Å². The van der Waals surface area contributed by atoms with Crippen LogP contribution in [0.25, 0.3) is 22.2 Å². The number of unbranched alkanes of at least 4 members (excludes halogenated alkanes) is 9. The van der Waals surface area contributed by atoms with E-state index in [2.05, 4.69) is 16.6 Å². The molecule has 1 amide bonds. The number of hydrogen-bond donors (Lipinski definition) is 3. The molecular weight excluding hydrogens is 528 g/mol. The fourth-order valence-corrected chi connectivity index (χ4v) is 5.08. The molecule has 0 radical (unpaired) electrons. The standard InChI is InChI=1S/C28H37F2N3O5S/c1-3-4-5-6-7-8-9-10-11-12-15-38-28(34)33-39(35,36)32-26-17-20(13-14-27(26)37-2)24-18-21-16-22(29)23(30)19-25(21)31-24/h13-14,16-19,31-32H,3-12,15H2,1-2H3,(H,33,34). The quantitative estimate of drug-likeness (QED) is 0.157. The highest BCUT2D eigenvalue weighted by Crippen LogP contribution is 2.32. The van der Waals surface area contributed by atoms with Crippen LogP contribution in [0.3, 0.4) is 0 Å². The lowest BCUT2D eigenvalue weighted by Gasteiger charge is -2.14. The number of ether oxygens (including phenoxy) is 2. The van der Waals surface area contributed by atoms with Crippen molar-refractivity contribution in [3.05, 3.63) is 48.0 Å². The lowest BCUT2D eigenvalue weighted by molar-refractivity contribution is 0.150. The zero-order chi connectivity index (χ0) is 28.3. The normalized spacial score (nSPS) is 11.5. The maximum Gasteiger partial charge on any atom is 0.422 e. The Bertz CT molecular complexity index is 1310. The Kier molecular flexibility index (Phi) is 11.4. The molecule has 39 heavy (non-hydrogen) atoms. The molecule has 0 saturated carbocycles. The maximum atomic E-state index is 13.6. The highest BCUT2D eigenvalue weighted by molar-refractivity contribution is 7.91. The number of methoxy groups -OCH3 is 1. The first kappa shape index (κ1) is 30.2. The van der Waals surface area contributed by atoms with Gasteiger partial charge in [-0.2, -0.15) is 8.42 Å². The Morgan fingerprint density at radius 3 is 2.21 bits per heavy atom. The number of carbonyl (C=O) groups excluding carboxylic acids is 1. The average molecular weight is 566 g/mol. The lowest BCUT2D eigenvalue weighted by Crippen LogP contribution is -2.36. The number of halogens is 2. The second-order valence-corrected chi connectivity index (χ2v) is 10.9. The van der Waals surface area contributed by atoms with Gasteiger partial charge in [0.1, 0.15) is 5.75 Å². The van der Waals surface area contributed by atoms with Crippen molar-refractivity contribution in [1.82, 2.24) is 9.71 Å². The molecule has 1 aromatic heterocycles. The third-order valence-electron chi connectivity index (χ3n) is 6.37. The highest BCUT2D eigenvalue weighted by Gasteiger charge is 2.19. The van der Waals surface area contributed by atoms with Crippen molar-refractivity contribution < 1.29 is 31.5 Å². The first-order valence-corrected chi connectivity index (χ1v) is 14.8. The minimum atomic E-state index is -4.33. The fourth-order valence-electron chi connectivity index (χ4n) is 4.30. The Morgan fingerprint density at radius 2 is 1.54 bits per heavy atom. The molecule has 2 aromatic carbocycles. The molecule has 3 N–H and O–H groups in total. The zero-order valence-corrected chi connectivity index (χ0v) is 23.3. The minimum Gasteiger partial charge on any atom is -0.495 e. The molecule has 0 aliphatic carbocycles. The number of amides is 1. The molecule has 0 unspecified atom stereocenters. The SMILES string of the molecule is CCCCCCCCCCCCOC(=O)NS(=O)(=O)Nc1cc(-c2cc3cc(F)c(F)cc3[nH]2)ccc1OC. The van der Waals surface area contributed by atoms with E-state index in [1.165, 1.54) is 57.8 Å². The largest absolute Gasteiger partial charge is 0.495 e. The molecule has 0 spiro atoms. The van der Waals surface area contributed by atoms with E-state index in [1.807, 2.05) is 4.72 Å². The first-order chi connectivity index (χ1) is 18.7. The summed E-state index contributed by atoms with van der Waals surface area (Å²) in [6.07, 6.45) is 10.2. The Labute approximate surface area is 228 Å². The van der Waals surface area contributed by atoms with Crippen LogP contribution in [-0.2, 0) is 14.9 Å². The van der Waals surface area contributed by atoms with Crippen LogP contribution in [0.4, 0.5) is 19.3 Å². The van der Waals surface area contributed by atoms with Crippen molar-refractivity contribution in [2.24, 2.45) is 0 Å². The maximum absolute atomic E-state index is 13.6. The predicted octanol–water partition coefficient (Wildman–Crippen LogP) is 7.43. The number of carbonyl (C=O) groups is 1. The molecule has 11 heteroatoms. The van der Waals surface area contributed by atoms with Gasteiger partial charge in [0.2, 0.25) is 0 Å². The Morgan fingerprint density at radius 1 is 0.897 bits per heavy atom. The molecule has 0 aliphatic rings. The molecule has 214 valence electrons. The van der Waals surface area contributed by atoms with E-state index in [4.69, 9.17) is 9.47 Å². The van der Waals surface area contributed by atoms with Crippen molar-refractivity contribution in [3.8, 4) is 17.0 Å². The van der Waals surface area contributed by atoms with E-state index < -0.39 is 27.9 Å². The van der Waals surface area contributed by atoms with Gasteiger partial charge < -0.3 is 14.5 Å². The van der Waals surface area contributed by atoms with Gasteiger partial charge in [-0.15, -0.1) is 0 Å². The van der Waals surface area contributed by atoms with Crippen molar-refractivity contribution in [2.75, 3.05) is 18.4 Å². The fraction of sp³-hybridized carbons (Fsp3) is 0.464. The number of nitrogens with one attached hydrogen (secondary N) is 3. The summed E-state index contributed by atoms with van der Waals surface area (Å²) < 4.78 is 66.7. The van der Waals surface area contributed by atoms with Crippen molar-refractivity contribution >= 4 is 32.9 Å². The summed E-state index contributed by atoms with van der Waals surface area (Å²) in [6, 6.07) is 8.40. The van der Waals surface area contributed by atoms with Gasteiger partial charge in [-0.3, -0.25) is 4.72 Å². The summed E-state index contributed by atoms with van der Waals surface area (Å²) in [5.74, 6) is -1.75. The summed E-state index contributed by atoms with van der Waals surface area (Å²) in [7, 11) is -2.96. The molecule has 3 aromatic rings. The zero-order valence-electron chi connectivity index (χ0n) is 22.4. The summed E-state index contributed by atoms with van der Waals surface area (Å²) >= 11 is 0. The van der Waals surface area contributed by atoms with Crippen LogP contribution in [0.1, 0.15) is 71.1 Å². The number of aromatic nitrogens is 1. The topological polar surface area (TPSA) is 110 Å². The van der Waals surface area contributed by atoms with E-state index in [0.29, 0.717) is 28.6 Å².